The Kier molecular flexibility index (Phi) is 4.96. The largest absolute Gasteiger partial charge is 0.331 e. The first-order valence-electron chi connectivity index (χ1n) is 10.4. The van der Waals surface area contributed by atoms with Crippen LogP contribution in [0, 0.1) is 0 Å². The summed E-state index contributed by atoms with van der Waals surface area (Å²) in [5.41, 5.74) is 2.83. The Balaban J connectivity index is 1.42. The van der Waals surface area contributed by atoms with Crippen molar-refractivity contribution in [3.8, 4) is 28.3 Å². The number of H-pyrrole nitrogens is 1. The molecule has 0 amide bonds. The van der Waals surface area contributed by atoms with Crippen LogP contribution in [-0.4, -0.2) is 44.7 Å². The number of fused-ring (bicyclic) bond motifs is 1. The number of aryl methyl sites for hydroxylation is 1. The first-order valence-corrected chi connectivity index (χ1v) is 11.2. The van der Waals surface area contributed by atoms with E-state index in [0.29, 0.717) is 63.0 Å². The number of benzene rings is 1. The van der Waals surface area contributed by atoms with E-state index in [9.17, 15) is 4.79 Å². The first-order chi connectivity index (χ1) is 16.6. The topological polar surface area (TPSA) is 120 Å². The lowest BCUT2D eigenvalue weighted by molar-refractivity contribution is 0.568. The van der Waals surface area contributed by atoms with Crippen molar-refractivity contribution in [3.63, 3.8) is 0 Å². The minimum absolute atomic E-state index is 0.197. The van der Waals surface area contributed by atoms with Crippen molar-refractivity contribution >= 4 is 23.2 Å². The average molecular weight is 492 g/mol. The molecule has 0 bridgehead atoms. The lowest BCUT2D eigenvalue weighted by atomic mass is 10.1. The van der Waals surface area contributed by atoms with Gasteiger partial charge in [0, 0.05) is 29.3 Å². The number of imidazole rings is 1. The van der Waals surface area contributed by atoms with Gasteiger partial charge in [-0.2, -0.15) is 4.68 Å². The molecule has 1 N–H and O–H groups in total. The standard InChI is InChI=1S/C22H15Cl2N9O/c23-12-4-5-16(32-11-26-30-31-32)13(9-12)15-10-19(34)33-17(6-7-18(33)27-15)22-28-20(21(24)29-22)14-3-1-2-8-25-14/h1-5,8-11,17H,6-7H2,(H,28,29)/t17-/m0/s1. The van der Waals surface area contributed by atoms with Crippen LogP contribution in [-0.2, 0) is 6.42 Å². The summed E-state index contributed by atoms with van der Waals surface area (Å²) in [4.78, 5) is 30.2. The number of rotatable bonds is 4. The minimum Gasteiger partial charge on any atom is -0.331 e. The molecule has 5 aromatic rings. The number of hydrogen-bond donors (Lipinski definition) is 1. The quantitative estimate of drug-likeness (QED) is 0.408. The van der Waals surface area contributed by atoms with Gasteiger partial charge in [0.1, 0.15) is 28.8 Å². The van der Waals surface area contributed by atoms with Crippen LogP contribution in [0.25, 0.3) is 28.3 Å². The number of tetrazole rings is 1. The Morgan fingerprint density at radius 3 is 2.76 bits per heavy atom. The smallest absolute Gasteiger partial charge is 0.254 e. The zero-order chi connectivity index (χ0) is 23.2. The molecule has 168 valence electrons. The molecule has 34 heavy (non-hydrogen) atoms. The summed E-state index contributed by atoms with van der Waals surface area (Å²) in [7, 11) is 0. The van der Waals surface area contributed by atoms with Crippen LogP contribution in [0.5, 0.6) is 0 Å². The van der Waals surface area contributed by atoms with E-state index in [1.165, 1.54) is 17.1 Å². The third kappa shape index (κ3) is 3.47. The van der Waals surface area contributed by atoms with Crippen molar-refractivity contribution in [2.45, 2.75) is 18.9 Å². The van der Waals surface area contributed by atoms with Crippen molar-refractivity contribution in [2.24, 2.45) is 0 Å². The molecular weight excluding hydrogens is 477 g/mol. The van der Waals surface area contributed by atoms with E-state index in [1.54, 1.807) is 29.0 Å². The third-order valence-corrected chi connectivity index (χ3v) is 6.22. The van der Waals surface area contributed by atoms with Gasteiger partial charge in [-0.15, -0.1) is 5.10 Å². The van der Waals surface area contributed by atoms with Crippen molar-refractivity contribution in [2.75, 3.05) is 0 Å². The van der Waals surface area contributed by atoms with Crippen LogP contribution < -0.4 is 5.56 Å². The highest BCUT2D eigenvalue weighted by molar-refractivity contribution is 6.32. The SMILES string of the molecule is O=c1cc(-c2cc(Cl)ccc2-n2cnnn2)nc2n1[C@H](c1nc(-c3ccccn3)c(Cl)[nH]1)CC2. The van der Waals surface area contributed by atoms with Crippen LogP contribution in [0.2, 0.25) is 10.2 Å². The Morgan fingerprint density at radius 2 is 1.97 bits per heavy atom. The maximum atomic E-state index is 13.3. The lowest BCUT2D eigenvalue weighted by Crippen LogP contribution is -2.25. The van der Waals surface area contributed by atoms with Gasteiger partial charge >= 0.3 is 0 Å². The zero-order valence-corrected chi connectivity index (χ0v) is 18.9. The highest BCUT2D eigenvalue weighted by atomic mass is 35.5. The van der Waals surface area contributed by atoms with Gasteiger partial charge in [0.15, 0.2) is 0 Å². The number of aromatic nitrogens is 9. The number of nitrogens with one attached hydrogen (secondary N) is 1. The van der Waals surface area contributed by atoms with Crippen molar-refractivity contribution < 1.29 is 0 Å². The van der Waals surface area contributed by atoms with Gasteiger partial charge in [0.05, 0.1) is 23.1 Å². The molecule has 1 aliphatic heterocycles. The van der Waals surface area contributed by atoms with Gasteiger partial charge in [-0.1, -0.05) is 29.3 Å². The van der Waals surface area contributed by atoms with Gasteiger partial charge in [-0.3, -0.25) is 14.3 Å². The van der Waals surface area contributed by atoms with E-state index in [0.717, 1.165) is 0 Å². The van der Waals surface area contributed by atoms with Gasteiger partial charge in [0.2, 0.25) is 0 Å². The molecule has 1 atom stereocenters. The van der Waals surface area contributed by atoms with Crippen molar-refractivity contribution in [1.29, 1.82) is 0 Å². The van der Waals surface area contributed by atoms with Crippen molar-refractivity contribution in [1.82, 2.24) is 44.7 Å². The number of aromatic amines is 1. The molecule has 12 heteroatoms. The van der Waals surface area contributed by atoms with Crippen LogP contribution in [0.4, 0.5) is 0 Å². The van der Waals surface area contributed by atoms with Crippen LogP contribution >= 0.6 is 23.2 Å². The third-order valence-electron chi connectivity index (χ3n) is 5.71. The second kappa shape index (κ2) is 8.15. The summed E-state index contributed by atoms with van der Waals surface area (Å²) in [5.74, 6) is 1.25. The molecule has 1 aromatic carbocycles. The second-order valence-electron chi connectivity index (χ2n) is 7.74. The first kappa shape index (κ1) is 20.7. The van der Waals surface area contributed by atoms with E-state index in [1.807, 2.05) is 18.2 Å². The lowest BCUT2D eigenvalue weighted by Gasteiger charge is -2.14. The number of halogens is 2. The van der Waals surface area contributed by atoms with Gasteiger partial charge in [0.25, 0.3) is 5.56 Å². The molecular formula is C22H15Cl2N9O. The van der Waals surface area contributed by atoms with Crippen molar-refractivity contribution in [3.05, 3.63) is 87.2 Å². The fraction of sp³-hybridized carbons (Fsp3) is 0.136. The molecule has 0 unspecified atom stereocenters. The Labute approximate surface area is 202 Å². The average Bonchev–Trinajstić information content (AvgIpc) is 3.59. The Morgan fingerprint density at radius 1 is 1.06 bits per heavy atom. The molecule has 0 spiro atoms. The maximum Gasteiger partial charge on any atom is 0.254 e. The Bertz CT molecular complexity index is 1560. The molecule has 0 radical (unpaired) electrons. The number of hydrogen-bond acceptors (Lipinski definition) is 7. The van der Waals surface area contributed by atoms with Gasteiger partial charge in [-0.05, 0) is 47.2 Å². The van der Waals surface area contributed by atoms with Gasteiger partial charge in [-0.25, -0.2) is 9.97 Å². The molecule has 0 fully saturated rings. The number of nitrogens with zero attached hydrogens (tertiary/aromatic N) is 8. The second-order valence-corrected chi connectivity index (χ2v) is 8.55. The molecule has 0 saturated heterocycles. The monoisotopic (exact) mass is 491 g/mol. The summed E-state index contributed by atoms with van der Waals surface area (Å²) >= 11 is 12.7. The summed E-state index contributed by atoms with van der Waals surface area (Å²) < 4.78 is 3.16. The summed E-state index contributed by atoms with van der Waals surface area (Å²) in [6.07, 6.45) is 4.42. The van der Waals surface area contributed by atoms with E-state index >= 15 is 0 Å². The highest BCUT2D eigenvalue weighted by Gasteiger charge is 2.30. The Hall–Kier alpha value is -3.89. The molecule has 1 aliphatic rings. The summed E-state index contributed by atoms with van der Waals surface area (Å²) in [6, 6.07) is 12.0. The predicted molar refractivity (Wildman–Crippen MR) is 125 cm³/mol. The van der Waals surface area contributed by atoms with E-state index in [2.05, 4.69) is 30.5 Å². The fourth-order valence-corrected chi connectivity index (χ4v) is 4.63. The van der Waals surface area contributed by atoms with Crippen LogP contribution in [0.1, 0.15) is 24.1 Å². The normalized spacial score (nSPS) is 14.9. The highest BCUT2D eigenvalue weighted by Crippen LogP contribution is 2.34. The van der Waals surface area contributed by atoms with E-state index in [4.69, 9.17) is 28.2 Å². The summed E-state index contributed by atoms with van der Waals surface area (Å²) in [6.45, 7) is 0. The van der Waals surface area contributed by atoms with Gasteiger partial charge < -0.3 is 4.98 Å². The predicted octanol–water partition coefficient (Wildman–Crippen LogP) is 3.51. The molecule has 0 aliphatic carbocycles. The van der Waals surface area contributed by atoms with Crippen LogP contribution in [0.15, 0.2) is 59.8 Å². The van der Waals surface area contributed by atoms with E-state index < -0.39 is 0 Å². The van der Waals surface area contributed by atoms with E-state index in [-0.39, 0.29) is 11.6 Å². The molecule has 4 aromatic heterocycles. The molecule has 5 heterocycles. The zero-order valence-electron chi connectivity index (χ0n) is 17.4. The molecule has 0 saturated carbocycles. The maximum absolute atomic E-state index is 13.3. The minimum atomic E-state index is -0.308. The van der Waals surface area contributed by atoms with Crippen LogP contribution in [0.3, 0.4) is 0 Å². The fourth-order valence-electron chi connectivity index (χ4n) is 4.22. The summed E-state index contributed by atoms with van der Waals surface area (Å²) in [5, 5.41) is 12.2. The molecule has 6 rings (SSSR count). The number of pyridine rings is 1. The molecule has 10 nitrogen and oxygen atoms in total.